The number of carbonyl (C=O) groups is 2. The first kappa shape index (κ1) is 14.2. The molecule has 1 aliphatic heterocycles. The molecule has 3 rings (SSSR count). The first-order chi connectivity index (χ1) is 10.7. The number of piperidine rings is 1. The molecule has 1 fully saturated rings. The van der Waals surface area contributed by atoms with Crippen LogP contribution >= 0.6 is 0 Å². The van der Waals surface area contributed by atoms with Crippen LogP contribution in [0.25, 0.3) is 11.0 Å². The van der Waals surface area contributed by atoms with Gasteiger partial charge in [0.25, 0.3) is 0 Å². The van der Waals surface area contributed by atoms with Gasteiger partial charge >= 0.3 is 6.03 Å². The number of ether oxygens (including phenoxy) is 1. The predicted molar refractivity (Wildman–Crippen MR) is 80.9 cm³/mol. The number of hydrogen-bond donors (Lipinski definition) is 1. The molecule has 1 aliphatic rings. The summed E-state index contributed by atoms with van der Waals surface area (Å²) in [4.78, 5) is 33.7. The van der Waals surface area contributed by atoms with E-state index in [1.807, 2.05) is 0 Å². The highest BCUT2D eigenvalue weighted by Gasteiger charge is 2.21. The van der Waals surface area contributed by atoms with E-state index in [0.29, 0.717) is 48.5 Å². The summed E-state index contributed by atoms with van der Waals surface area (Å²) >= 11 is 0. The smallest absolute Gasteiger partial charge is 0.321 e. The fourth-order valence-electron chi connectivity index (χ4n) is 2.38. The number of amides is 2. The lowest BCUT2D eigenvalue weighted by Crippen LogP contribution is -2.41. The van der Waals surface area contributed by atoms with Crippen molar-refractivity contribution in [2.45, 2.75) is 12.8 Å². The summed E-state index contributed by atoms with van der Waals surface area (Å²) in [7, 11) is 1.54. The first-order valence-corrected chi connectivity index (χ1v) is 7.05. The summed E-state index contributed by atoms with van der Waals surface area (Å²) in [5.74, 6) is 0.657. The monoisotopic (exact) mass is 300 g/mol. The van der Waals surface area contributed by atoms with Crippen molar-refractivity contribution in [2.75, 3.05) is 25.5 Å². The molecule has 0 spiro atoms. The van der Waals surface area contributed by atoms with Gasteiger partial charge in [-0.25, -0.2) is 9.78 Å². The zero-order valence-electron chi connectivity index (χ0n) is 12.2. The molecular formula is C15H16N4O3. The van der Waals surface area contributed by atoms with Crippen LogP contribution in [0.4, 0.5) is 10.5 Å². The SMILES string of the molecule is COc1ccc2nccc(NC(=O)N3CCC(=O)CC3)c2n1. The van der Waals surface area contributed by atoms with Crippen molar-refractivity contribution in [1.29, 1.82) is 0 Å². The minimum Gasteiger partial charge on any atom is -0.481 e. The quantitative estimate of drug-likeness (QED) is 0.914. The number of pyridine rings is 2. The lowest BCUT2D eigenvalue weighted by Gasteiger charge is -2.26. The molecular weight excluding hydrogens is 284 g/mol. The van der Waals surface area contributed by atoms with Crippen LogP contribution in [-0.2, 0) is 4.79 Å². The van der Waals surface area contributed by atoms with Crippen molar-refractivity contribution in [3.05, 3.63) is 24.4 Å². The average Bonchev–Trinajstić information content (AvgIpc) is 2.55. The highest BCUT2D eigenvalue weighted by atomic mass is 16.5. The lowest BCUT2D eigenvalue weighted by atomic mass is 10.1. The number of methoxy groups -OCH3 is 1. The molecule has 0 aliphatic carbocycles. The fourth-order valence-corrected chi connectivity index (χ4v) is 2.38. The van der Waals surface area contributed by atoms with Crippen LogP contribution in [0.3, 0.4) is 0 Å². The Morgan fingerprint density at radius 1 is 1.27 bits per heavy atom. The number of hydrogen-bond acceptors (Lipinski definition) is 5. The number of nitrogens with zero attached hydrogens (tertiary/aromatic N) is 3. The zero-order valence-corrected chi connectivity index (χ0v) is 12.2. The second-order valence-electron chi connectivity index (χ2n) is 5.04. The summed E-state index contributed by atoms with van der Waals surface area (Å²) in [5, 5.41) is 2.84. The summed E-state index contributed by atoms with van der Waals surface area (Å²) in [5.41, 5.74) is 1.82. The Labute approximate surface area is 127 Å². The highest BCUT2D eigenvalue weighted by molar-refractivity contribution is 5.98. The number of Topliss-reactive ketones (excluding diaryl/α,β-unsaturated/α-hetero) is 1. The number of nitrogens with one attached hydrogen (secondary N) is 1. The highest BCUT2D eigenvalue weighted by Crippen LogP contribution is 2.22. The van der Waals surface area contributed by atoms with E-state index in [2.05, 4.69) is 15.3 Å². The van der Waals surface area contributed by atoms with Gasteiger partial charge in [-0.05, 0) is 12.1 Å². The normalized spacial score (nSPS) is 15.0. The van der Waals surface area contributed by atoms with E-state index < -0.39 is 0 Å². The second kappa shape index (κ2) is 5.97. The average molecular weight is 300 g/mol. The Balaban J connectivity index is 1.83. The molecule has 7 heteroatoms. The van der Waals surface area contributed by atoms with Gasteiger partial charge in [0.05, 0.1) is 18.3 Å². The van der Waals surface area contributed by atoms with Crippen LogP contribution in [0.1, 0.15) is 12.8 Å². The summed E-state index contributed by atoms with van der Waals surface area (Å²) in [6, 6.07) is 4.97. The number of aromatic nitrogens is 2. The van der Waals surface area contributed by atoms with Gasteiger partial charge in [-0.2, -0.15) is 0 Å². The number of rotatable bonds is 2. The molecule has 1 N–H and O–H groups in total. The molecule has 22 heavy (non-hydrogen) atoms. The van der Waals surface area contributed by atoms with Gasteiger partial charge in [0.1, 0.15) is 11.3 Å². The van der Waals surface area contributed by atoms with Gasteiger partial charge in [0.15, 0.2) is 0 Å². The van der Waals surface area contributed by atoms with E-state index in [0.717, 1.165) is 0 Å². The third-order valence-electron chi connectivity index (χ3n) is 3.62. The number of anilines is 1. The van der Waals surface area contributed by atoms with Crippen molar-refractivity contribution in [3.8, 4) is 5.88 Å². The van der Waals surface area contributed by atoms with Crippen molar-refractivity contribution < 1.29 is 14.3 Å². The van der Waals surface area contributed by atoms with Gasteiger partial charge in [-0.15, -0.1) is 0 Å². The summed E-state index contributed by atoms with van der Waals surface area (Å²) in [6.45, 7) is 0.898. The number of ketones is 1. The minimum absolute atomic E-state index is 0.199. The molecule has 2 aromatic heterocycles. The Kier molecular flexibility index (Phi) is 3.86. The molecule has 0 unspecified atom stereocenters. The molecule has 0 atom stereocenters. The van der Waals surface area contributed by atoms with E-state index in [1.54, 1.807) is 29.3 Å². The molecule has 2 amide bonds. The number of likely N-dealkylation sites (tertiary alicyclic amines) is 1. The maximum atomic E-state index is 12.3. The van der Waals surface area contributed by atoms with E-state index in [4.69, 9.17) is 4.74 Å². The molecule has 0 saturated carbocycles. The standard InChI is InChI=1S/C15H16N4O3/c1-22-13-3-2-11-14(18-13)12(4-7-16-11)17-15(21)19-8-5-10(20)6-9-19/h2-4,7H,5-6,8-9H2,1H3,(H,16,17,21). The van der Waals surface area contributed by atoms with Crippen LogP contribution in [0.2, 0.25) is 0 Å². The number of urea groups is 1. The third-order valence-corrected chi connectivity index (χ3v) is 3.62. The molecule has 2 aromatic rings. The lowest BCUT2D eigenvalue weighted by molar-refractivity contribution is -0.120. The predicted octanol–water partition coefficient (Wildman–Crippen LogP) is 1.84. The van der Waals surface area contributed by atoms with Crippen molar-refractivity contribution in [3.63, 3.8) is 0 Å². The number of carbonyl (C=O) groups excluding carboxylic acids is 2. The van der Waals surface area contributed by atoms with Crippen molar-refractivity contribution in [1.82, 2.24) is 14.9 Å². The van der Waals surface area contributed by atoms with Gasteiger partial charge in [-0.1, -0.05) is 0 Å². The third kappa shape index (κ3) is 2.83. The maximum Gasteiger partial charge on any atom is 0.321 e. The molecule has 0 aromatic carbocycles. The van der Waals surface area contributed by atoms with E-state index >= 15 is 0 Å². The van der Waals surface area contributed by atoms with Crippen LogP contribution < -0.4 is 10.1 Å². The van der Waals surface area contributed by atoms with Crippen LogP contribution in [0.15, 0.2) is 24.4 Å². The van der Waals surface area contributed by atoms with Crippen molar-refractivity contribution in [2.24, 2.45) is 0 Å². The maximum absolute atomic E-state index is 12.3. The Morgan fingerprint density at radius 3 is 2.77 bits per heavy atom. The van der Waals surface area contributed by atoms with Gasteiger partial charge in [0, 0.05) is 38.2 Å². The van der Waals surface area contributed by atoms with Crippen LogP contribution in [-0.4, -0.2) is 46.9 Å². The number of fused-ring (bicyclic) bond motifs is 1. The Morgan fingerprint density at radius 2 is 2.05 bits per heavy atom. The summed E-state index contributed by atoms with van der Waals surface area (Å²) in [6.07, 6.45) is 2.44. The van der Waals surface area contributed by atoms with E-state index in [1.165, 1.54) is 7.11 Å². The van der Waals surface area contributed by atoms with Crippen LogP contribution in [0, 0.1) is 0 Å². The van der Waals surface area contributed by atoms with Gasteiger partial charge in [-0.3, -0.25) is 9.78 Å². The van der Waals surface area contributed by atoms with Gasteiger partial charge < -0.3 is 15.0 Å². The topological polar surface area (TPSA) is 84.4 Å². The molecule has 0 bridgehead atoms. The van der Waals surface area contributed by atoms with E-state index in [9.17, 15) is 9.59 Å². The van der Waals surface area contributed by atoms with E-state index in [-0.39, 0.29) is 11.8 Å². The summed E-state index contributed by atoms with van der Waals surface area (Å²) < 4.78 is 5.11. The largest absolute Gasteiger partial charge is 0.481 e. The van der Waals surface area contributed by atoms with Gasteiger partial charge in [0.2, 0.25) is 5.88 Å². The van der Waals surface area contributed by atoms with Crippen molar-refractivity contribution >= 4 is 28.5 Å². The molecule has 3 heterocycles. The second-order valence-corrected chi connectivity index (χ2v) is 5.04. The molecule has 114 valence electrons. The zero-order chi connectivity index (χ0) is 15.5. The van der Waals surface area contributed by atoms with Crippen LogP contribution in [0.5, 0.6) is 5.88 Å². The Bertz CT molecular complexity index is 722. The molecule has 0 radical (unpaired) electrons. The first-order valence-electron chi connectivity index (χ1n) is 7.05. The molecule has 7 nitrogen and oxygen atoms in total. The Hall–Kier alpha value is -2.70. The minimum atomic E-state index is -0.232. The molecule has 1 saturated heterocycles. The fraction of sp³-hybridized carbons (Fsp3) is 0.333.